The Labute approximate surface area is 119 Å². The van der Waals surface area contributed by atoms with Gasteiger partial charge in [-0.25, -0.2) is 4.52 Å². The van der Waals surface area contributed by atoms with Gasteiger partial charge in [0.1, 0.15) is 0 Å². The van der Waals surface area contributed by atoms with Crippen LogP contribution in [0.15, 0.2) is 24.7 Å². The quantitative estimate of drug-likeness (QED) is 0.791. The van der Waals surface area contributed by atoms with E-state index >= 15 is 0 Å². The van der Waals surface area contributed by atoms with Crippen LogP contribution in [-0.4, -0.2) is 14.6 Å². The summed E-state index contributed by atoms with van der Waals surface area (Å²) in [5, 5.41) is 13.2. The van der Waals surface area contributed by atoms with Gasteiger partial charge in [-0.2, -0.15) is 10.4 Å². The molecular weight excluding hydrogens is 248 g/mol. The molecular formula is C16H20N4. The molecule has 2 aromatic rings. The first-order valence-electron chi connectivity index (χ1n) is 7.17. The number of aryl methyl sites for hydroxylation is 1. The highest BCUT2D eigenvalue weighted by Crippen LogP contribution is 2.31. The van der Waals surface area contributed by atoms with Crippen molar-refractivity contribution in [1.29, 1.82) is 5.26 Å². The molecule has 2 aromatic heterocycles. The molecule has 1 atom stereocenters. The first-order valence-corrected chi connectivity index (χ1v) is 7.17. The molecule has 0 N–H and O–H groups in total. The standard InChI is InChI=1S/C14H14N4.C2H6/c1-10-9-17-18-7-6-16-13(14(10)18)12-4-2-11(8-15)3-5-12;1-2/h4,6-7,9,11H,2-3,5H2,1H3;1-2H3. The van der Waals surface area contributed by atoms with Crippen LogP contribution in [-0.2, 0) is 0 Å². The zero-order valence-electron chi connectivity index (χ0n) is 12.3. The second kappa shape index (κ2) is 6.33. The molecule has 0 bridgehead atoms. The summed E-state index contributed by atoms with van der Waals surface area (Å²) in [5.74, 6) is 0.166. The highest BCUT2D eigenvalue weighted by Gasteiger charge is 2.18. The van der Waals surface area contributed by atoms with E-state index < -0.39 is 0 Å². The molecule has 4 heteroatoms. The average Bonchev–Trinajstić information content (AvgIpc) is 2.91. The van der Waals surface area contributed by atoms with Gasteiger partial charge in [-0.1, -0.05) is 19.9 Å². The van der Waals surface area contributed by atoms with Gasteiger partial charge in [0.15, 0.2) is 0 Å². The molecule has 104 valence electrons. The van der Waals surface area contributed by atoms with Gasteiger partial charge in [-0.15, -0.1) is 0 Å². The molecule has 0 fully saturated rings. The zero-order chi connectivity index (χ0) is 14.5. The lowest BCUT2D eigenvalue weighted by Crippen LogP contribution is -2.05. The monoisotopic (exact) mass is 268 g/mol. The summed E-state index contributed by atoms with van der Waals surface area (Å²) in [4.78, 5) is 4.50. The topological polar surface area (TPSA) is 54.0 Å². The van der Waals surface area contributed by atoms with Crippen LogP contribution >= 0.6 is 0 Å². The molecule has 1 aliphatic rings. The molecule has 3 rings (SSSR count). The van der Waals surface area contributed by atoms with E-state index in [2.05, 4.69) is 29.2 Å². The van der Waals surface area contributed by atoms with Crippen LogP contribution in [0.25, 0.3) is 11.1 Å². The maximum Gasteiger partial charge on any atom is 0.0950 e. The van der Waals surface area contributed by atoms with Crippen molar-refractivity contribution in [1.82, 2.24) is 14.6 Å². The van der Waals surface area contributed by atoms with Gasteiger partial charge in [0.2, 0.25) is 0 Å². The lowest BCUT2D eigenvalue weighted by Gasteiger charge is -2.16. The number of aromatic nitrogens is 3. The minimum atomic E-state index is 0.166. The predicted molar refractivity (Wildman–Crippen MR) is 80.0 cm³/mol. The van der Waals surface area contributed by atoms with Crippen LogP contribution in [0.1, 0.15) is 44.4 Å². The Morgan fingerprint density at radius 2 is 2.20 bits per heavy atom. The summed E-state index contributed by atoms with van der Waals surface area (Å²) >= 11 is 0. The Bertz CT molecular complexity index is 661. The fourth-order valence-electron chi connectivity index (χ4n) is 2.49. The van der Waals surface area contributed by atoms with E-state index in [-0.39, 0.29) is 5.92 Å². The summed E-state index contributed by atoms with van der Waals surface area (Å²) in [5.41, 5.74) is 4.49. The Kier molecular flexibility index (Phi) is 4.52. The normalized spacial score (nSPS) is 17.9. The average molecular weight is 268 g/mol. The molecule has 20 heavy (non-hydrogen) atoms. The molecule has 0 amide bonds. The summed E-state index contributed by atoms with van der Waals surface area (Å²) < 4.78 is 1.87. The van der Waals surface area contributed by atoms with Crippen molar-refractivity contribution in [2.24, 2.45) is 5.92 Å². The molecule has 0 saturated carbocycles. The van der Waals surface area contributed by atoms with Gasteiger partial charge < -0.3 is 0 Å². The van der Waals surface area contributed by atoms with Gasteiger partial charge >= 0.3 is 0 Å². The first kappa shape index (κ1) is 14.3. The van der Waals surface area contributed by atoms with Crippen molar-refractivity contribution in [2.45, 2.75) is 40.0 Å². The fourth-order valence-corrected chi connectivity index (χ4v) is 2.49. The van der Waals surface area contributed by atoms with Crippen molar-refractivity contribution in [3.8, 4) is 6.07 Å². The lowest BCUT2D eigenvalue weighted by molar-refractivity contribution is 0.603. The summed E-state index contributed by atoms with van der Waals surface area (Å²) in [6.07, 6.45) is 10.4. The number of rotatable bonds is 1. The van der Waals surface area contributed by atoms with Crippen molar-refractivity contribution >= 4 is 11.1 Å². The van der Waals surface area contributed by atoms with Crippen LogP contribution < -0.4 is 0 Å². The molecule has 1 unspecified atom stereocenters. The zero-order valence-corrected chi connectivity index (χ0v) is 12.3. The molecule has 0 radical (unpaired) electrons. The molecule has 4 nitrogen and oxygen atoms in total. The highest BCUT2D eigenvalue weighted by molar-refractivity contribution is 5.77. The van der Waals surface area contributed by atoms with E-state index in [1.54, 1.807) is 6.20 Å². The second-order valence-electron chi connectivity index (χ2n) is 4.73. The van der Waals surface area contributed by atoms with Crippen molar-refractivity contribution in [3.05, 3.63) is 35.9 Å². The number of fused-ring (bicyclic) bond motifs is 1. The van der Waals surface area contributed by atoms with E-state index in [1.807, 2.05) is 30.8 Å². The van der Waals surface area contributed by atoms with Crippen LogP contribution in [0, 0.1) is 24.2 Å². The Hall–Kier alpha value is -2.15. The Morgan fingerprint density at radius 3 is 2.85 bits per heavy atom. The minimum absolute atomic E-state index is 0.166. The number of hydrogen-bond donors (Lipinski definition) is 0. The van der Waals surface area contributed by atoms with Crippen LogP contribution in [0.4, 0.5) is 0 Å². The molecule has 0 saturated heterocycles. The number of nitrogens with zero attached hydrogens (tertiary/aromatic N) is 4. The second-order valence-corrected chi connectivity index (χ2v) is 4.73. The smallest absolute Gasteiger partial charge is 0.0950 e. The predicted octanol–water partition coefficient (Wildman–Crippen LogP) is 3.77. The van der Waals surface area contributed by atoms with Crippen molar-refractivity contribution < 1.29 is 0 Å². The fraction of sp³-hybridized carbons (Fsp3) is 0.438. The maximum absolute atomic E-state index is 8.92. The SMILES string of the molecule is CC.Cc1cnn2ccnc(C3=CCC(C#N)CC3)c12. The lowest BCUT2D eigenvalue weighted by atomic mass is 9.89. The van der Waals surface area contributed by atoms with Gasteiger partial charge in [0, 0.05) is 12.4 Å². The van der Waals surface area contributed by atoms with Crippen molar-refractivity contribution in [3.63, 3.8) is 0 Å². The molecule has 1 aliphatic carbocycles. The Morgan fingerprint density at radius 1 is 1.40 bits per heavy atom. The minimum Gasteiger partial charge on any atom is -0.253 e. The molecule has 0 aliphatic heterocycles. The van der Waals surface area contributed by atoms with Crippen molar-refractivity contribution in [2.75, 3.05) is 0 Å². The van der Waals surface area contributed by atoms with E-state index in [0.29, 0.717) is 0 Å². The van der Waals surface area contributed by atoms with E-state index in [4.69, 9.17) is 5.26 Å². The summed E-state index contributed by atoms with van der Waals surface area (Å²) in [6.45, 7) is 6.05. The molecule has 0 spiro atoms. The van der Waals surface area contributed by atoms with Crippen LogP contribution in [0.5, 0.6) is 0 Å². The Balaban J connectivity index is 0.000000704. The first-order chi connectivity index (χ1) is 9.79. The van der Waals surface area contributed by atoms with Gasteiger partial charge in [0.25, 0.3) is 0 Å². The van der Waals surface area contributed by atoms with Gasteiger partial charge in [-0.3, -0.25) is 4.98 Å². The number of hydrogen-bond acceptors (Lipinski definition) is 3. The van der Waals surface area contributed by atoms with Crippen LogP contribution in [0.3, 0.4) is 0 Å². The highest BCUT2D eigenvalue weighted by atomic mass is 15.2. The third-order valence-electron chi connectivity index (χ3n) is 3.51. The molecule has 2 heterocycles. The van der Waals surface area contributed by atoms with E-state index in [9.17, 15) is 0 Å². The maximum atomic E-state index is 8.92. The van der Waals surface area contributed by atoms with Gasteiger partial charge in [-0.05, 0) is 37.3 Å². The third kappa shape index (κ3) is 2.57. The van der Waals surface area contributed by atoms with Gasteiger partial charge in [0.05, 0.1) is 29.4 Å². The van der Waals surface area contributed by atoms with Crippen LogP contribution in [0.2, 0.25) is 0 Å². The summed E-state index contributed by atoms with van der Waals surface area (Å²) in [6, 6.07) is 2.34. The van der Waals surface area contributed by atoms with E-state index in [1.165, 1.54) is 5.57 Å². The number of allylic oxidation sites excluding steroid dienone is 2. The largest absolute Gasteiger partial charge is 0.253 e. The third-order valence-corrected chi connectivity index (χ3v) is 3.51. The summed E-state index contributed by atoms with van der Waals surface area (Å²) in [7, 11) is 0. The number of nitriles is 1. The molecule has 0 aromatic carbocycles. The van der Waals surface area contributed by atoms with E-state index in [0.717, 1.165) is 36.0 Å².